The van der Waals surface area contributed by atoms with Gasteiger partial charge in [-0.2, -0.15) is 0 Å². The van der Waals surface area contributed by atoms with Crippen molar-refractivity contribution in [2.75, 3.05) is 39.8 Å². The van der Waals surface area contributed by atoms with Gasteiger partial charge in [0, 0.05) is 32.2 Å². The molecule has 3 rings (SSSR count). The van der Waals surface area contributed by atoms with Gasteiger partial charge in [-0.25, -0.2) is 0 Å². The van der Waals surface area contributed by atoms with E-state index < -0.39 is 0 Å². The smallest absolute Gasteiger partial charge is 0.234 e. The van der Waals surface area contributed by atoms with Gasteiger partial charge in [0.1, 0.15) is 0 Å². The molecule has 2 heterocycles. The zero-order chi connectivity index (χ0) is 14.8. The van der Waals surface area contributed by atoms with Gasteiger partial charge in [-0.15, -0.1) is 0 Å². The van der Waals surface area contributed by atoms with Crippen LogP contribution in [0.25, 0.3) is 0 Å². The second kappa shape index (κ2) is 6.16. The van der Waals surface area contributed by atoms with Crippen molar-refractivity contribution in [2.45, 2.75) is 13.0 Å². The van der Waals surface area contributed by atoms with E-state index in [1.54, 1.807) is 0 Å². The van der Waals surface area contributed by atoms with E-state index in [0.717, 1.165) is 26.2 Å². The fraction of sp³-hybridized carbons (Fsp3) is 0.588. The molecule has 0 radical (unpaired) electrons. The molecule has 0 unspecified atom stereocenters. The van der Waals surface area contributed by atoms with E-state index in [0.29, 0.717) is 24.4 Å². The summed E-state index contributed by atoms with van der Waals surface area (Å²) in [7, 11) is 2.23. The Morgan fingerprint density at radius 1 is 1.24 bits per heavy atom. The minimum Gasteiger partial charge on any atom is -0.355 e. The van der Waals surface area contributed by atoms with Crippen LogP contribution in [0, 0.1) is 11.8 Å². The highest BCUT2D eigenvalue weighted by atomic mass is 16.2. The van der Waals surface area contributed by atoms with E-state index in [1.165, 1.54) is 5.56 Å². The highest BCUT2D eigenvalue weighted by Gasteiger charge is 2.46. The van der Waals surface area contributed by atoms with Crippen molar-refractivity contribution in [2.24, 2.45) is 11.8 Å². The number of hydrogen-bond acceptors (Lipinski definition) is 3. The molecule has 1 amide bonds. The molecule has 1 aromatic rings. The number of carbonyl (C=O) groups excluding carboxylic acids is 1. The Kier molecular flexibility index (Phi) is 4.27. The molecule has 4 heteroatoms. The minimum absolute atomic E-state index is 0.155. The maximum atomic E-state index is 11.8. The molecule has 0 saturated carbocycles. The lowest BCUT2D eigenvalue weighted by Crippen LogP contribution is -2.37. The number of likely N-dealkylation sites (N-methyl/N-ethyl adjacent to an activating group) is 1. The molecule has 0 aliphatic carbocycles. The molecule has 3 atom stereocenters. The van der Waals surface area contributed by atoms with Crippen molar-refractivity contribution in [1.29, 1.82) is 0 Å². The van der Waals surface area contributed by atoms with Crippen LogP contribution >= 0.6 is 0 Å². The topological polar surface area (TPSA) is 35.6 Å². The van der Waals surface area contributed by atoms with Gasteiger partial charge < -0.3 is 5.32 Å². The van der Waals surface area contributed by atoms with E-state index in [1.807, 2.05) is 6.92 Å². The van der Waals surface area contributed by atoms with E-state index >= 15 is 0 Å². The maximum absolute atomic E-state index is 11.8. The molecule has 4 nitrogen and oxygen atoms in total. The lowest BCUT2D eigenvalue weighted by atomic mass is 9.90. The summed E-state index contributed by atoms with van der Waals surface area (Å²) in [5, 5.41) is 2.90. The summed E-state index contributed by atoms with van der Waals surface area (Å²) in [4.78, 5) is 16.6. The molecule has 21 heavy (non-hydrogen) atoms. The van der Waals surface area contributed by atoms with Crippen LogP contribution in [-0.2, 0) is 4.79 Å². The van der Waals surface area contributed by atoms with Crippen LogP contribution in [0.1, 0.15) is 18.5 Å². The van der Waals surface area contributed by atoms with Crippen molar-refractivity contribution in [3.63, 3.8) is 0 Å². The highest BCUT2D eigenvalue weighted by molar-refractivity contribution is 5.77. The third kappa shape index (κ3) is 2.97. The van der Waals surface area contributed by atoms with Gasteiger partial charge in [0.05, 0.1) is 6.54 Å². The predicted octanol–water partition coefficient (Wildman–Crippen LogP) is 1.36. The zero-order valence-corrected chi connectivity index (χ0v) is 13.0. The number of nitrogens with zero attached hydrogens (tertiary/aromatic N) is 2. The molecule has 2 saturated heterocycles. The fourth-order valence-electron chi connectivity index (χ4n) is 4.09. The number of benzene rings is 1. The van der Waals surface area contributed by atoms with Gasteiger partial charge in [0.2, 0.25) is 5.91 Å². The minimum atomic E-state index is 0.155. The van der Waals surface area contributed by atoms with Crippen LogP contribution < -0.4 is 5.32 Å². The predicted molar refractivity (Wildman–Crippen MR) is 83.9 cm³/mol. The van der Waals surface area contributed by atoms with Gasteiger partial charge in [0.15, 0.2) is 0 Å². The molecular formula is C17H25N3O. The second-order valence-electron chi connectivity index (χ2n) is 6.37. The summed E-state index contributed by atoms with van der Waals surface area (Å²) < 4.78 is 0. The lowest BCUT2D eigenvalue weighted by Gasteiger charge is -2.26. The number of carbonyl (C=O) groups is 1. The van der Waals surface area contributed by atoms with Crippen LogP contribution in [-0.4, -0.2) is 55.5 Å². The van der Waals surface area contributed by atoms with Crippen LogP contribution in [0.3, 0.4) is 0 Å². The van der Waals surface area contributed by atoms with Gasteiger partial charge in [-0.3, -0.25) is 14.6 Å². The summed E-state index contributed by atoms with van der Waals surface area (Å²) in [5.41, 5.74) is 1.41. The molecule has 2 aliphatic rings. The molecule has 1 N–H and O–H groups in total. The Morgan fingerprint density at radius 3 is 2.71 bits per heavy atom. The van der Waals surface area contributed by atoms with Gasteiger partial charge in [-0.05, 0) is 31.4 Å². The fourth-order valence-corrected chi connectivity index (χ4v) is 4.09. The van der Waals surface area contributed by atoms with Gasteiger partial charge in [-0.1, -0.05) is 30.3 Å². The standard InChI is InChI=1S/C17H25N3O/c1-3-18-16(21)12-20-10-14-9-19(2)17(15(14)11-20)13-7-5-4-6-8-13/h4-8,14-15,17H,3,9-12H2,1-2H3,(H,18,21)/t14-,15-,17-/m0/s1. The van der Waals surface area contributed by atoms with Crippen molar-refractivity contribution in [1.82, 2.24) is 15.1 Å². The van der Waals surface area contributed by atoms with E-state index in [2.05, 4.69) is 52.5 Å². The second-order valence-corrected chi connectivity index (χ2v) is 6.37. The molecule has 0 spiro atoms. The zero-order valence-electron chi connectivity index (χ0n) is 13.0. The first kappa shape index (κ1) is 14.5. The quantitative estimate of drug-likeness (QED) is 0.908. The molecular weight excluding hydrogens is 262 g/mol. The first-order valence-electron chi connectivity index (χ1n) is 7.93. The molecule has 2 aliphatic heterocycles. The number of rotatable bonds is 4. The largest absolute Gasteiger partial charge is 0.355 e. The Hall–Kier alpha value is -1.39. The number of fused-ring (bicyclic) bond motifs is 1. The van der Waals surface area contributed by atoms with Crippen LogP contribution in [0.15, 0.2) is 30.3 Å². The van der Waals surface area contributed by atoms with Crippen LogP contribution in [0.5, 0.6) is 0 Å². The summed E-state index contributed by atoms with van der Waals surface area (Å²) in [6, 6.07) is 11.3. The molecule has 2 fully saturated rings. The Labute approximate surface area is 127 Å². The molecule has 114 valence electrons. The van der Waals surface area contributed by atoms with Gasteiger partial charge in [0.25, 0.3) is 0 Å². The Bertz CT molecular complexity index is 490. The summed E-state index contributed by atoms with van der Waals surface area (Å²) in [6.45, 7) is 6.45. The average Bonchev–Trinajstić information content (AvgIpc) is 2.95. The lowest BCUT2D eigenvalue weighted by molar-refractivity contribution is -0.122. The number of nitrogens with one attached hydrogen (secondary N) is 1. The Morgan fingerprint density at radius 2 is 2.00 bits per heavy atom. The number of amides is 1. The van der Waals surface area contributed by atoms with Crippen molar-refractivity contribution >= 4 is 5.91 Å². The third-order valence-corrected chi connectivity index (χ3v) is 4.85. The number of hydrogen-bond donors (Lipinski definition) is 1. The third-order valence-electron chi connectivity index (χ3n) is 4.85. The molecule has 0 aromatic heterocycles. The van der Waals surface area contributed by atoms with E-state index in [-0.39, 0.29) is 5.91 Å². The highest BCUT2D eigenvalue weighted by Crippen LogP contribution is 2.43. The summed E-state index contributed by atoms with van der Waals surface area (Å²) in [6.07, 6.45) is 0. The van der Waals surface area contributed by atoms with Crippen LogP contribution in [0.4, 0.5) is 0 Å². The van der Waals surface area contributed by atoms with Crippen molar-refractivity contribution < 1.29 is 4.79 Å². The molecule has 1 aromatic carbocycles. The van der Waals surface area contributed by atoms with Crippen LogP contribution in [0.2, 0.25) is 0 Å². The van der Waals surface area contributed by atoms with Crippen molar-refractivity contribution in [3.8, 4) is 0 Å². The van der Waals surface area contributed by atoms with Gasteiger partial charge >= 0.3 is 0 Å². The number of likely N-dealkylation sites (tertiary alicyclic amines) is 2. The first-order valence-corrected chi connectivity index (χ1v) is 7.93. The maximum Gasteiger partial charge on any atom is 0.234 e. The Balaban J connectivity index is 1.68. The summed E-state index contributed by atoms with van der Waals surface area (Å²) >= 11 is 0. The first-order chi connectivity index (χ1) is 10.2. The van der Waals surface area contributed by atoms with Crippen molar-refractivity contribution in [3.05, 3.63) is 35.9 Å². The molecule has 0 bridgehead atoms. The summed E-state index contributed by atoms with van der Waals surface area (Å²) in [5.74, 6) is 1.49. The van der Waals surface area contributed by atoms with E-state index in [9.17, 15) is 4.79 Å². The monoisotopic (exact) mass is 287 g/mol. The van der Waals surface area contributed by atoms with E-state index in [4.69, 9.17) is 0 Å². The average molecular weight is 287 g/mol. The normalized spacial score (nSPS) is 29.5. The SMILES string of the molecule is CCNC(=O)CN1C[C@@H]2CN(C)[C@@H](c3ccccc3)[C@H]2C1.